The molecule has 1 aliphatic rings. The van der Waals surface area contributed by atoms with Crippen molar-refractivity contribution < 1.29 is 0 Å². The first-order valence-corrected chi connectivity index (χ1v) is 7.10. The van der Waals surface area contributed by atoms with Gasteiger partial charge in [0.15, 0.2) is 0 Å². The van der Waals surface area contributed by atoms with Crippen LogP contribution in [-0.4, -0.2) is 9.55 Å². The minimum Gasteiger partial charge on any atom is -0.303 e. The second kappa shape index (κ2) is 4.94. The van der Waals surface area contributed by atoms with Crippen LogP contribution in [0.1, 0.15) is 29.8 Å². The van der Waals surface area contributed by atoms with Gasteiger partial charge in [-0.05, 0) is 43.4 Å². The van der Waals surface area contributed by atoms with E-state index in [1.165, 1.54) is 24.2 Å². The molecule has 1 heterocycles. The van der Waals surface area contributed by atoms with E-state index < -0.39 is 0 Å². The molecule has 1 aliphatic carbocycles. The Bertz CT molecular complexity index is 575. The van der Waals surface area contributed by atoms with Crippen molar-refractivity contribution >= 4 is 23.2 Å². The lowest BCUT2D eigenvalue weighted by molar-refractivity contribution is 0.656. The van der Waals surface area contributed by atoms with Gasteiger partial charge in [-0.2, -0.15) is 0 Å². The smallest absolute Gasteiger partial charge is 0.0997 e. The highest BCUT2D eigenvalue weighted by Gasteiger charge is 2.16. The summed E-state index contributed by atoms with van der Waals surface area (Å²) >= 11 is 12.0. The van der Waals surface area contributed by atoms with Crippen LogP contribution in [0.2, 0.25) is 5.02 Å². The van der Waals surface area contributed by atoms with Crippen LogP contribution in [0.5, 0.6) is 0 Å². The van der Waals surface area contributed by atoms with Gasteiger partial charge in [-0.25, -0.2) is 4.98 Å². The third-order valence-corrected chi connectivity index (χ3v) is 4.13. The Hall–Kier alpha value is -0.990. The summed E-state index contributed by atoms with van der Waals surface area (Å²) in [6, 6.07) is 6.01. The van der Waals surface area contributed by atoms with Crippen LogP contribution < -0.4 is 0 Å². The lowest BCUT2D eigenvalue weighted by Crippen LogP contribution is -2.06. The topological polar surface area (TPSA) is 17.8 Å². The fraction of sp³-hybridized carbons (Fsp3) is 0.357. The quantitative estimate of drug-likeness (QED) is 0.756. The molecule has 0 saturated heterocycles. The number of benzene rings is 1. The van der Waals surface area contributed by atoms with Crippen LogP contribution in [0, 0.1) is 0 Å². The SMILES string of the molecule is ClCc1ccc(-n2cnc3c2CCCC3)cc1Cl. The molecular formula is C14H14Cl2N2. The summed E-state index contributed by atoms with van der Waals surface area (Å²) in [5.74, 6) is 0.446. The molecule has 0 spiro atoms. The van der Waals surface area contributed by atoms with E-state index in [9.17, 15) is 0 Å². The lowest BCUT2D eigenvalue weighted by atomic mass is 10.0. The molecule has 0 fully saturated rings. The minimum atomic E-state index is 0.446. The number of alkyl halides is 1. The number of imidazole rings is 1. The van der Waals surface area contributed by atoms with Crippen LogP contribution in [0.15, 0.2) is 24.5 Å². The van der Waals surface area contributed by atoms with Gasteiger partial charge in [0.25, 0.3) is 0 Å². The fourth-order valence-corrected chi connectivity index (χ4v) is 3.03. The van der Waals surface area contributed by atoms with Crippen LogP contribution in [0.3, 0.4) is 0 Å². The molecular weight excluding hydrogens is 267 g/mol. The van der Waals surface area contributed by atoms with Crippen molar-refractivity contribution in [2.45, 2.75) is 31.6 Å². The molecule has 0 N–H and O–H groups in total. The van der Waals surface area contributed by atoms with Gasteiger partial charge in [-0.1, -0.05) is 17.7 Å². The molecule has 2 nitrogen and oxygen atoms in total. The van der Waals surface area contributed by atoms with Gasteiger partial charge >= 0.3 is 0 Å². The Morgan fingerprint density at radius 2 is 2.06 bits per heavy atom. The number of hydrogen-bond donors (Lipinski definition) is 0. The molecule has 2 aromatic rings. The predicted molar refractivity (Wildman–Crippen MR) is 74.8 cm³/mol. The lowest BCUT2D eigenvalue weighted by Gasteiger charge is -2.14. The van der Waals surface area contributed by atoms with E-state index in [0.717, 1.165) is 29.1 Å². The summed E-state index contributed by atoms with van der Waals surface area (Å²) in [7, 11) is 0. The van der Waals surface area contributed by atoms with E-state index in [1.54, 1.807) is 0 Å². The maximum absolute atomic E-state index is 6.21. The highest BCUT2D eigenvalue weighted by Crippen LogP contribution is 2.26. The molecule has 0 saturated carbocycles. The number of aromatic nitrogens is 2. The third-order valence-electron chi connectivity index (χ3n) is 3.49. The molecule has 18 heavy (non-hydrogen) atoms. The summed E-state index contributed by atoms with van der Waals surface area (Å²) in [5, 5.41) is 0.723. The van der Waals surface area contributed by atoms with E-state index in [4.69, 9.17) is 23.2 Å². The van der Waals surface area contributed by atoms with Crippen LogP contribution in [0.25, 0.3) is 5.69 Å². The summed E-state index contributed by atoms with van der Waals surface area (Å²) in [6.45, 7) is 0. The van der Waals surface area contributed by atoms with Gasteiger partial charge in [0, 0.05) is 22.3 Å². The monoisotopic (exact) mass is 280 g/mol. The van der Waals surface area contributed by atoms with Gasteiger partial charge < -0.3 is 4.57 Å². The number of nitrogens with zero attached hydrogens (tertiary/aromatic N) is 2. The second-order valence-electron chi connectivity index (χ2n) is 4.62. The summed E-state index contributed by atoms with van der Waals surface area (Å²) in [6.07, 6.45) is 6.59. The van der Waals surface area contributed by atoms with Crippen molar-refractivity contribution in [1.82, 2.24) is 9.55 Å². The zero-order valence-corrected chi connectivity index (χ0v) is 11.5. The van der Waals surface area contributed by atoms with Gasteiger partial charge in [0.1, 0.15) is 0 Å². The zero-order valence-electron chi connectivity index (χ0n) is 10.00. The van der Waals surface area contributed by atoms with Crippen LogP contribution in [0.4, 0.5) is 0 Å². The zero-order chi connectivity index (χ0) is 12.5. The summed E-state index contributed by atoms with van der Waals surface area (Å²) < 4.78 is 2.15. The van der Waals surface area contributed by atoms with Gasteiger partial charge in [-0.15, -0.1) is 11.6 Å². The molecule has 0 radical (unpaired) electrons. The van der Waals surface area contributed by atoms with Crippen molar-refractivity contribution in [1.29, 1.82) is 0 Å². The van der Waals surface area contributed by atoms with E-state index >= 15 is 0 Å². The number of aryl methyl sites for hydroxylation is 1. The Labute approximate surface area is 117 Å². The van der Waals surface area contributed by atoms with Crippen molar-refractivity contribution in [3.05, 3.63) is 46.5 Å². The molecule has 0 aliphatic heterocycles. The van der Waals surface area contributed by atoms with E-state index in [2.05, 4.69) is 15.6 Å². The number of rotatable bonds is 2. The third kappa shape index (κ3) is 2.04. The van der Waals surface area contributed by atoms with E-state index in [0.29, 0.717) is 5.88 Å². The molecule has 0 unspecified atom stereocenters. The molecule has 1 aromatic carbocycles. The number of hydrogen-bond acceptors (Lipinski definition) is 1. The molecule has 94 valence electrons. The van der Waals surface area contributed by atoms with Gasteiger partial charge in [0.05, 0.1) is 12.0 Å². The van der Waals surface area contributed by atoms with Crippen LogP contribution >= 0.6 is 23.2 Å². The van der Waals surface area contributed by atoms with Crippen LogP contribution in [-0.2, 0) is 18.7 Å². The van der Waals surface area contributed by atoms with E-state index in [1.807, 2.05) is 18.5 Å². The standard InChI is InChI=1S/C14H14Cl2N2/c15-8-10-5-6-11(7-12(10)16)18-9-17-13-3-1-2-4-14(13)18/h5-7,9H,1-4,8H2. The average molecular weight is 281 g/mol. The normalized spacial score (nSPS) is 14.6. The van der Waals surface area contributed by atoms with Crippen molar-refractivity contribution in [3.8, 4) is 5.69 Å². The molecule has 0 amide bonds. The largest absolute Gasteiger partial charge is 0.303 e. The van der Waals surface area contributed by atoms with Gasteiger partial charge in [0.2, 0.25) is 0 Å². The van der Waals surface area contributed by atoms with Crippen molar-refractivity contribution in [2.75, 3.05) is 0 Å². The number of halogens is 2. The Morgan fingerprint density at radius 3 is 2.83 bits per heavy atom. The minimum absolute atomic E-state index is 0.446. The first-order valence-electron chi connectivity index (χ1n) is 6.19. The van der Waals surface area contributed by atoms with E-state index in [-0.39, 0.29) is 0 Å². The van der Waals surface area contributed by atoms with Crippen molar-refractivity contribution in [3.63, 3.8) is 0 Å². The molecule has 1 aromatic heterocycles. The van der Waals surface area contributed by atoms with Gasteiger partial charge in [-0.3, -0.25) is 0 Å². The summed E-state index contributed by atoms with van der Waals surface area (Å²) in [4.78, 5) is 4.50. The maximum Gasteiger partial charge on any atom is 0.0997 e. The highest BCUT2D eigenvalue weighted by molar-refractivity contribution is 6.32. The fourth-order valence-electron chi connectivity index (χ4n) is 2.49. The number of fused-ring (bicyclic) bond motifs is 1. The molecule has 3 rings (SSSR count). The summed E-state index contributed by atoms with van der Waals surface area (Å²) in [5.41, 5.74) is 4.61. The average Bonchev–Trinajstić information content (AvgIpc) is 2.82. The van der Waals surface area contributed by atoms with Crippen molar-refractivity contribution in [2.24, 2.45) is 0 Å². The predicted octanol–water partition coefficient (Wildman–Crippen LogP) is 4.14. The molecule has 4 heteroatoms. The molecule has 0 bridgehead atoms. The highest BCUT2D eigenvalue weighted by atomic mass is 35.5. The second-order valence-corrected chi connectivity index (χ2v) is 5.30. The Morgan fingerprint density at radius 1 is 1.22 bits per heavy atom. The Kier molecular flexibility index (Phi) is 3.31. The Balaban J connectivity index is 2.04. The molecule has 0 atom stereocenters. The first-order chi connectivity index (χ1) is 8.79. The first kappa shape index (κ1) is 12.1. The maximum atomic E-state index is 6.21.